The third kappa shape index (κ3) is 1.27. The Morgan fingerprint density at radius 3 is 2.79 bits per heavy atom. The fourth-order valence-corrected chi connectivity index (χ4v) is 3.40. The summed E-state index contributed by atoms with van der Waals surface area (Å²) in [6.45, 7) is 6.67. The predicted octanol–water partition coefficient (Wildman–Crippen LogP) is 2.91. The van der Waals surface area contributed by atoms with Gasteiger partial charge in [0.1, 0.15) is 5.60 Å². The Hall–Kier alpha value is -0.530. The second kappa shape index (κ2) is 2.98. The van der Waals surface area contributed by atoms with Crippen molar-refractivity contribution in [3.63, 3.8) is 0 Å². The molecule has 1 aliphatic carbocycles. The minimum Gasteiger partial charge on any atom is -0.459 e. The van der Waals surface area contributed by atoms with Crippen LogP contribution >= 0.6 is 0 Å². The zero-order valence-corrected chi connectivity index (χ0v) is 9.43. The number of rotatable bonds is 1. The molecule has 0 aromatic carbocycles. The van der Waals surface area contributed by atoms with Crippen molar-refractivity contribution in [2.75, 3.05) is 0 Å². The van der Waals surface area contributed by atoms with Crippen molar-refractivity contribution in [1.29, 1.82) is 0 Å². The van der Waals surface area contributed by atoms with Gasteiger partial charge in [0.2, 0.25) is 0 Å². The van der Waals surface area contributed by atoms with E-state index in [0.29, 0.717) is 17.8 Å². The molecule has 2 fully saturated rings. The average Bonchev–Trinajstić information content (AvgIpc) is 2.42. The predicted molar refractivity (Wildman–Crippen MR) is 54.9 cm³/mol. The van der Waals surface area contributed by atoms with E-state index in [1.165, 1.54) is 12.8 Å². The van der Waals surface area contributed by atoms with E-state index in [1.54, 1.807) is 0 Å². The highest BCUT2D eigenvalue weighted by atomic mass is 16.6. The summed E-state index contributed by atoms with van der Waals surface area (Å²) in [6.07, 6.45) is 5.30. The minimum atomic E-state index is -0.153. The van der Waals surface area contributed by atoms with Gasteiger partial charge in [0.25, 0.3) is 0 Å². The van der Waals surface area contributed by atoms with Crippen LogP contribution < -0.4 is 0 Å². The summed E-state index contributed by atoms with van der Waals surface area (Å²) in [6, 6.07) is 0. The largest absolute Gasteiger partial charge is 0.459 e. The summed E-state index contributed by atoms with van der Waals surface area (Å²) in [4.78, 5) is 11.4. The van der Waals surface area contributed by atoms with E-state index >= 15 is 0 Å². The van der Waals surface area contributed by atoms with Gasteiger partial charge >= 0.3 is 5.97 Å². The number of esters is 1. The molecule has 0 spiro atoms. The van der Waals surface area contributed by atoms with Gasteiger partial charge in [0, 0.05) is 5.92 Å². The summed E-state index contributed by atoms with van der Waals surface area (Å²) in [5.41, 5.74) is 0.166. The first-order valence-electron chi connectivity index (χ1n) is 5.72. The first-order valence-corrected chi connectivity index (χ1v) is 5.72. The van der Waals surface area contributed by atoms with Gasteiger partial charge in [-0.1, -0.05) is 20.3 Å². The number of carbonyl (C=O) groups excluding carboxylic acids is 1. The molecule has 3 atom stereocenters. The normalized spacial score (nSPS) is 47.4. The fourth-order valence-electron chi connectivity index (χ4n) is 3.40. The van der Waals surface area contributed by atoms with Crippen LogP contribution in [0.1, 0.15) is 52.9 Å². The van der Waals surface area contributed by atoms with E-state index in [9.17, 15) is 4.79 Å². The molecule has 1 aliphatic heterocycles. The van der Waals surface area contributed by atoms with Crippen molar-refractivity contribution >= 4 is 5.97 Å². The third-order valence-electron chi connectivity index (χ3n) is 4.52. The molecule has 0 radical (unpaired) electrons. The summed E-state index contributed by atoms with van der Waals surface area (Å²) in [5, 5.41) is 0. The van der Waals surface area contributed by atoms with Crippen molar-refractivity contribution in [1.82, 2.24) is 0 Å². The molecule has 1 saturated heterocycles. The fraction of sp³-hybridized carbons (Fsp3) is 0.917. The van der Waals surface area contributed by atoms with Crippen molar-refractivity contribution in [2.24, 2.45) is 11.3 Å². The molecular formula is C12H20O2. The lowest BCUT2D eigenvalue weighted by molar-refractivity contribution is -0.152. The zero-order valence-electron chi connectivity index (χ0n) is 9.43. The SMILES string of the molecule is CC[C@]1(C)CCCC2(C)OC(=O)C[C@@H]21. The number of hydrogen-bond acceptors (Lipinski definition) is 2. The van der Waals surface area contributed by atoms with E-state index in [-0.39, 0.29) is 11.6 Å². The van der Waals surface area contributed by atoms with Crippen LogP contribution in [0.4, 0.5) is 0 Å². The molecule has 14 heavy (non-hydrogen) atoms. The maximum atomic E-state index is 11.4. The van der Waals surface area contributed by atoms with Crippen LogP contribution in [0.2, 0.25) is 0 Å². The smallest absolute Gasteiger partial charge is 0.306 e. The molecule has 2 rings (SSSR count). The molecule has 1 unspecified atom stereocenters. The molecule has 2 aliphatic rings. The van der Waals surface area contributed by atoms with Gasteiger partial charge in [0.15, 0.2) is 0 Å². The summed E-state index contributed by atoms with van der Waals surface area (Å²) < 4.78 is 5.51. The first kappa shape index (κ1) is 10.0. The van der Waals surface area contributed by atoms with Crippen molar-refractivity contribution in [3.05, 3.63) is 0 Å². The van der Waals surface area contributed by atoms with Gasteiger partial charge < -0.3 is 4.74 Å². The molecule has 1 saturated carbocycles. The lowest BCUT2D eigenvalue weighted by Gasteiger charge is -2.46. The topological polar surface area (TPSA) is 26.3 Å². The lowest BCUT2D eigenvalue weighted by Crippen LogP contribution is -2.45. The Morgan fingerprint density at radius 2 is 2.14 bits per heavy atom. The van der Waals surface area contributed by atoms with Gasteiger partial charge in [-0.3, -0.25) is 4.79 Å². The maximum Gasteiger partial charge on any atom is 0.306 e. The molecule has 0 aromatic rings. The quantitative estimate of drug-likeness (QED) is 0.603. The van der Waals surface area contributed by atoms with Gasteiger partial charge in [-0.15, -0.1) is 0 Å². The van der Waals surface area contributed by atoms with E-state index in [4.69, 9.17) is 4.74 Å². The molecule has 1 heterocycles. The Kier molecular flexibility index (Phi) is 2.13. The van der Waals surface area contributed by atoms with Gasteiger partial charge in [-0.2, -0.15) is 0 Å². The summed E-state index contributed by atoms with van der Waals surface area (Å²) in [5.74, 6) is 0.459. The van der Waals surface area contributed by atoms with E-state index in [2.05, 4.69) is 20.8 Å². The highest BCUT2D eigenvalue weighted by molar-refractivity contribution is 5.73. The second-order valence-electron chi connectivity index (χ2n) is 5.40. The van der Waals surface area contributed by atoms with E-state index in [0.717, 1.165) is 12.8 Å². The second-order valence-corrected chi connectivity index (χ2v) is 5.40. The van der Waals surface area contributed by atoms with Crippen LogP contribution in [0, 0.1) is 11.3 Å². The van der Waals surface area contributed by atoms with Crippen LogP contribution in [-0.2, 0) is 9.53 Å². The van der Waals surface area contributed by atoms with Crippen molar-refractivity contribution in [2.45, 2.75) is 58.5 Å². The molecule has 0 aromatic heterocycles. The maximum absolute atomic E-state index is 11.4. The number of ether oxygens (including phenoxy) is 1. The number of hydrogen-bond donors (Lipinski definition) is 0. The summed E-state index contributed by atoms with van der Waals surface area (Å²) in [7, 11) is 0. The average molecular weight is 196 g/mol. The molecule has 2 heteroatoms. The van der Waals surface area contributed by atoms with Gasteiger partial charge in [-0.05, 0) is 31.6 Å². The van der Waals surface area contributed by atoms with Crippen molar-refractivity contribution < 1.29 is 9.53 Å². The molecule has 0 N–H and O–H groups in total. The Balaban J connectivity index is 2.30. The van der Waals surface area contributed by atoms with Gasteiger partial charge in [0.05, 0.1) is 6.42 Å². The van der Waals surface area contributed by atoms with E-state index < -0.39 is 0 Å². The van der Waals surface area contributed by atoms with Crippen LogP contribution in [0.25, 0.3) is 0 Å². The standard InChI is InChI=1S/C12H20O2/c1-4-11(2)6-5-7-12(3)9(11)8-10(13)14-12/h9H,4-8H2,1-3H3/t9-,11-,12?/m1/s1. The Labute approximate surface area is 86.0 Å². The van der Waals surface area contributed by atoms with Crippen LogP contribution in [-0.4, -0.2) is 11.6 Å². The monoisotopic (exact) mass is 196 g/mol. The molecule has 0 bridgehead atoms. The molecular weight excluding hydrogens is 176 g/mol. The first-order chi connectivity index (χ1) is 6.50. The Morgan fingerprint density at radius 1 is 1.43 bits per heavy atom. The summed E-state index contributed by atoms with van der Waals surface area (Å²) >= 11 is 0. The van der Waals surface area contributed by atoms with Gasteiger partial charge in [-0.25, -0.2) is 0 Å². The highest BCUT2D eigenvalue weighted by Gasteiger charge is 2.55. The lowest BCUT2D eigenvalue weighted by atomic mass is 9.60. The number of carbonyl (C=O) groups is 1. The van der Waals surface area contributed by atoms with Crippen LogP contribution in [0.3, 0.4) is 0 Å². The highest BCUT2D eigenvalue weighted by Crippen LogP contribution is 2.54. The van der Waals surface area contributed by atoms with E-state index in [1.807, 2.05) is 0 Å². The van der Waals surface area contributed by atoms with Crippen LogP contribution in [0.5, 0.6) is 0 Å². The number of fused-ring (bicyclic) bond motifs is 1. The third-order valence-corrected chi connectivity index (χ3v) is 4.52. The van der Waals surface area contributed by atoms with Crippen LogP contribution in [0.15, 0.2) is 0 Å². The molecule has 2 nitrogen and oxygen atoms in total. The minimum absolute atomic E-state index is 0.0130. The molecule has 0 amide bonds. The Bertz CT molecular complexity index is 261. The zero-order chi connectivity index (χ0) is 10.4. The van der Waals surface area contributed by atoms with Crippen molar-refractivity contribution in [3.8, 4) is 0 Å². The molecule has 80 valence electrons.